The molecule has 0 saturated heterocycles. The minimum atomic E-state index is -0.482. The van der Waals surface area contributed by atoms with Gasteiger partial charge >= 0.3 is 0 Å². The van der Waals surface area contributed by atoms with Gasteiger partial charge in [0.15, 0.2) is 0 Å². The highest BCUT2D eigenvalue weighted by molar-refractivity contribution is 5.83. The molecule has 0 saturated carbocycles. The van der Waals surface area contributed by atoms with Gasteiger partial charge in [-0.05, 0) is 18.9 Å². The van der Waals surface area contributed by atoms with Crippen molar-refractivity contribution in [2.24, 2.45) is 5.84 Å². The van der Waals surface area contributed by atoms with Crippen molar-refractivity contribution in [1.82, 2.24) is 15.8 Å². The molecule has 1 rings (SSSR count). The normalized spacial score (nSPS) is 11.5. The lowest BCUT2D eigenvalue weighted by atomic mass is 10.1. The number of carbonyl (C=O) groups is 3. The first-order chi connectivity index (χ1) is 11.4. The molecule has 0 aliphatic carbocycles. The zero-order valence-electron chi connectivity index (χ0n) is 14.0. The van der Waals surface area contributed by atoms with E-state index >= 15 is 0 Å². The number of rotatable bonds is 9. The number of nitrogens with two attached hydrogens (primary N) is 1. The molecule has 1 aromatic rings. The third-order valence-electron chi connectivity index (χ3n) is 3.28. The molecule has 8 heteroatoms. The maximum absolute atomic E-state index is 11.8. The summed E-state index contributed by atoms with van der Waals surface area (Å²) in [6, 6.07) is 9.65. The van der Waals surface area contributed by atoms with E-state index in [-0.39, 0.29) is 24.9 Å². The Hall–Kier alpha value is -2.45. The number of nitrogens with one attached hydrogen (secondary N) is 2. The van der Waals surface area contributed by atoms with Crippen molar-refractivity contribution in [3.05, 3.63) is 35.9 Å². The molecule has 0 radical (unpaired) electrons. The highest BCUT2D eigenvalue weighted by atomic mass is 16.7. The van der Waals surface area contributed by atoms with Crippen molar-refractivity contribution in [2.75, 3.05) is 13.1 Å². The van der Waals surface area contributed by atoms with Gasteiger partial charge in [0.1, 0.15) is 12.6 Å². The van der Waals surface area contributed by atoms with Gasteiger partial charge in [0.2, 0.25) is 11.8 Å². The first-order valence-corrected chi connectivity index (χ1v) is 7.65. The van der Waals surface area contributed by atoms with Crippen LogP contribution >= 0.6 is 0 Å². The minimum absolute atomic E-state index is 0.154. The third kappa shape index (κ3) is 7.70. The number of aryl methyl sites for hydroxylation is 1. The summed E-state index contributed by atoms with van der Waals surface area (Å²) in [5.41, 5.74) is 5.39. The van der Waals surface area contributed by atoms with Crippen LogP contribution in [0.3, 0.4) is 0 Å². The molecule has 24 heavy (non-hydrogen) atoms. The van der Waals surface area contributed by atoms with Gasteiger partial charge in [-0.25, -0.2) is 11.3 Å². The molecule has 3 amide bonds. The fourth-order valence-electron chi connectivity index (χ4n) is 1.99. The van der Waals surface area contributed by atoms with E-state index in [2.05, 4.69) is 5.48 Å². The fourth-order valence-corrected chi connectivity index (χ4v) is 1.99. The largest absolute Gasteiger partial charge is 0.331 e. The fraction of sp³-hybridized carbons (Fsp3) is 0.438. The van der Waals surface area contributed by atoms with Gasteiger partial charge < -0.3 is 4.90 Å². The predicted molar refractivity (Wildman–Crippen MR) is 88.0 cm³/mol. The lowest BCUT2D eigenvalue weighted by molar-refractivity contribution is -0.143. The van der Waals surface area contributed by atoms with Crippen LogP contribution in [0.5, 0.6) is 0 Å². The molecular formula is C16H24N4O4. The average molecular weight is 336 g/mol. The Bertz CT molecular complexity index is 550. The topological polar surface area (TPSA) is 114 Å². The van der Waals surface area contributed by atoms with Gasteiger partial charge in [-0.2, -0.15) is 0 Å². The summed E-state index contributed by atoms with van der Waals surface area (Å²) in [6.45, 7) is 3.02. The monoisotopic (exact) mass is 336 g/mol. The Morgan fingerprint density at radius 3 is 2.46 bits per heavy atom. The van der Waals surface area contributed by atoms with Crippen molar-refractivity contribution in [2.45, 2.75) is 32.8 Å². The molecule has 132 valence electrons. The maximum Gasteiger partial charge on any atom is 0.253 e. The van der Waals surface area contributed by atoms with Crippen LogP contribution in [-0.4, -0.2) is 41.8 Å². The Kier molecular flexibility index (Phi) is 8.45. The Morgan fingerprint density at radius 2 is 1.88 bits per heavy atom. The molecule has 1 unspecified atom stereocenters. The van der Waals surface area contributed by atoms with Gasteiger partial charge in [-0.1, -0.05) is 30.3 Å². The van der Waals surface area contributed by atoms with Crippen LogP contribution in [0.1, 0.15) is 25.8 Å². The molecule has 0 aliphatic rings. The standard InChI is InChI=1S/C16H24N4O4/c1-12(10-20(13(2)21)11-16(23)18-17)24-19-15(22)9-8-14-6-4-3-5-7-14/h3-7,12H,8-11,17H2,1-2H3,(H,18,23)(H,19,22). The SMILES string of the molecule is CC(=O)N(CC(=O)NN)CC(C)ONC(=O)CCc1ccccc1. The highest BCUT2D eigenvalue weighted by Crippen LogP contribution is 2.02. The summed E-state index contributed by atoms with van der Waals surface area (Å²) in [7, 11) is 0. The number of hydroxylamine groups is 1. The molecule has 0 aromatic heterocycles. The first-order valence-electron chi connectivity index (χ1n) is 7.65. The van der Waals surface area contributed by atoms with Gasteiger partial charge in [0.05, 0.1) is 0 Å². The second-order valence-corrected chi connectivity index (χ2v) is 5.41. The lowest BCUT2D eigenvalue weighted by Crippen LogP contribution is -2.46. The molecule has 0 aliphatic heterocycles. The second-order valence-electron chi connectivity index (χ2n) is 5.41. The summed E-state index contributed by atoms with van der Waals surface area (Å²) in [4.78, 5) is 41.0. The van der Waals surface area contributed by atoms with E-state index in [1.165, 1.54) is 11.8 Å². The molecule has 0 fully saturated rings. The Morgan fingerprint density at radius 1 is 1.21 bits per heavy atom. The summed E-state index contributed by atoms with van der Waals surface area (Å²) in [6.07, 6.45) is 0.434. The number of nitrogens with zero attached hydrogens (tertiary/aromatic N) is 1. The second kappa shape index (κ2) is 10.3. The van der Waals surface area contributed by atoms with Crippen LogP contribution in [0.15, 0.2) is 30.3 Å². The third-order valence-corrected chi connectivity index (χ3v) is 3.28. The number of carbonyl (C=O) groups excluding carboxylic acids is 3. The van der Waals surface area contributed by atoms with Crippen LogP contribution in [-0.2, 0) is 25.6 Å². The smallest absolute Gasteiger partial charge is 0.253 e. The first kappa shape index (κ1) is 19.6. The van der Waals surface area contributed by atoms with Gasteiger partial charge in [0.25, 0.3) is 5.91 Å². The summed E-state index contributed by atoms with van der Waals surface area (Å²) in [5.74, 6) is 3.99. The van der Waals surface area contributed by atoms with Gasteiger partial charge in [-0.3, -0.25) is 24.6 Å². The summed E-state index contributed by atoms with van der Waals surface area (Å²) in [5, 5.41) is 0. The van der Waals surface area contributed by atoms with Gasteiger partial charge in [-0.15, -0.1) is 0 Å². The lowest BCUT2D eigenvalue weighted by Gasteiger charge is -2.23. The van der Waals surface area contributed by atoms with E-state index in [0.717, 1.165) is 5.56 Å². The number of hydrazine groups is 1. The number of amides is 3. The molecular weight excluding hydrogens is 312 g/mol. The van der Waals surface area contributed by atoms with Crippen LogP contribution in [0.2, 0.25) is 0 Å². The van der Waals surface area contributed by atoms with Crippen LogP contribution < -0.4 is 16.7 Å². The molecule has 1 aromatic carbocycles. The minimum Gasteiger partial charge on any atom is -0.331 e. The maximum atomic E-state index is 11.8. The molecule has 0 spiro atoms. The molecule has 1 atom stereocenters. The van der Waals surface area contributed by atoms with E-state index in [4.69, 9.17) is 10.7 Å². The quantitative estimate of drug-likeness (QED) is 0.331. The summed E-state index contributed by atoms with van der Waals surface area (Å²) >= 11 is 0. The predicted octanol–water partition coefficient (Wildman–Crippen LogP) is -0.106. The van der Waals surface area contributed by atoms with Crippen LogP contribution in [0, 0.1) is 0 Å². The van der Waals surface area contributed by atoms with E-state index < -0.39 is 12.0 Å². The van der Waals surface area contributed by atoms with Crippen molar-refractivity contribution in [3.63, 3.8) is 0 Å². The zero-order chi connectivity index (χ0) is 17.9. The van der Waals surface area contributed by atoms with Crippen molar-refractivity contribution in [1.29, 1.82) is 0 Å². The Labute approximate surface area is 141 Å². The number of benzene rings is 1. The van der Waals surface area contributed by atoms with E-state index in [1.807, 2.05) is 35.8 Å². The van der Waals surface area contributed by atoms with Crippen molar-refractivity contribution in [3.8, 4) is 0 Å². The average Bonchev–Trinajstić information content (AvgIpc) is 2.58. The molecule has 0 bridgehead atoms. The number of hydrogen-bond acceptors (Lipinski definition) is 5. The van der Waals surface area contributed by atoms with Crippen LogP contribution in [0.25, 0.3) is 0 Å². The van der Waals surface area contributed by atoms with Gasteiger partial charge in [0, 0.05) is 19.9 Å². The van der Waals surface area contributed by atoms with E-state index in [1.54, 1.807) is 6.92 Å². The number of hydrogen-bond donors (Lipinski definition) is 3. The Balaban J connectivity index is 2.32. The summed E-state index contributed by atoms with van der Waals surface area (Å²) < 4.78 is 0. The highest BCUT2D eigenvalue weighted by Gasteiger charge is 2.17. The van der Waals surface area contributed by atoms with E-state index in [0.29, 0.717) is 12.8 Å². The molecule has 0 heterocycles. The molecule has 4 N–H and O–H groups in total. The van der Waals surface area contributed by atoms with Crippen molar-refractivity contribution < 1.29 is 19.2 Å². The van der Waals surface area contributed by atoms with E-state index in [9.17, 15) is 14.4 Å². The van der Waals surface area contributed by atoms with Crippen LogP contribution in [0.4, 0.5) is 0 Å². The molecule has 8 nitrogen and oxygen atoms in total. The zero-order valence-corrected chi connectivity index (χ0v) is 14.0. The van der Waals surface area contributed by atoms with Crippen molar-refractivity contribution >= 4 is 17.7 Å².